The zero-order valence-electron chi connectivity index (χ0n) is 7.68. The fraction of sp³-hybridized carbons (Fsp3) is 0.200. The number of fused-ring (bicyclic) bond motifs is 1. The second kappa shape index (κ2) is 3.13. The molecule has 0 spiro atoms. The van der Waals surface area contributed by atoms with Crippen molar-refractivity contribution in [3.05, 3.63) is 30.0 Å². The molecule has 4 nitrogen and oxygen atoms in total. The third-order valence-corrected chi connectivity index (χ3v) is 2.17. The van der Waals surface area contributed by atoms with Crippen LogP contribution in [0.5, 0.6) is 0 Å². The van der Waals surface area contributed by atoms with Crippen molar-refractivity contribution in [2.24, 2.45) is 7.05 Å². The second-order valence-electron chi connectivity index (χ2n) is 3.06. The van der Waals surface area contributed by atoms with Crippen molar-refractivity contribution in [3.63, 3.8) is 0 Å². The van der Waals surface area contributed by atoms with E-state index in [1.807, 2.05) is 24.3 Å². The van der Waals surface area contributed by atoms with Gasteiger partial charge < -0.3 is 5.11 Å². The Morgan fingerprint density at radius 1 is 1.50 bits per heavy atom. The lowest BCUT2D eigenvalue weighted by atomic mass is 10.1. The van der Waals surface area contributed by atoms with E-state index in [-0.39, 0.29) is 0 Å². The second-order valence-corrected chi connectivity index (χ2v) is 3.06. The summed E-state index contributed by atoms with van der Waals surface area (Å²) in [5.74, 6) is 0. The molecule has 0 amide bonds. The smallest absolute Gasteiger partial charge is 0.185 e. The molecule has 0 saturated heterocycles. The van der Waals surface area contributed by atoms with Crippen LogP contribution in [-0.4, -0.2) is 14.9 Å². The molecule has 1 N–H and O–H groups in total. The summed E-state index contributed by atoms with van der Waals surface area (Å²) >= 11 is 0. The van der Waals surface area contributed by atoms with E-state index in [0.29, 0.717) is 5.69 Å². The molecule has 0 fully saturated rings. The quantitative estimate of drug-likeness (QED) is 0.681. The highest BCUT2D eigenvalue weighted by Gasteiger charge is 2.14. The molecule has 2 rings (SSSR count). The van der Waals surface area contributed by atoms with Crippen molar-refractivity contribution >= 4 is 10.9 Å². The predicted molar refractivity (Wildman–Crippen MR) is 51.3 cm³/mol. The maximum absolute atomic E-state index is 9.40. The van der Waals surface area contributed by atoms with E-state index in [4.69, 9.17) is 5.26 Å². The lowest BCUT2D eigenvalue weighted by molar-refractivity contribution is 0.231. The number of para-hydroxylation sites is 1. The minimum Gasteiger partial charge on any atom is -0.373 e. The maximum Gasteiger partial charge on any atom is 0.185 e. The molecular weight excluding hydrogens is 178 g/mol. The molecule has 1 unspecified atom stereocenters. The molecular formula is C10H9N3O. The maximum atomic E-state index is 9.40. The fourth-order valence-corrected chi connectivity index (χ4v) is 1.50. The van der Waals surface area contributed by atoms with E-state index in [1.54, 1.807) is 17.8 Å². The number of hydrogen-bond acceptors (Lipinski definition) is 3. The normalized spacial score (nSPS) is 12.6. The zero-order chi connectivity index (χ0) is 10.1. The van der Waals surface area contributed by atoms with Gasteiger partial charge in [0.25, 0.3) is 0 Å². The molecule has 0 saturated carbocycles. The van der Waals surface area contributed by atoms with Gasteiger partial charge in [0.2, 0.25) is 0 Å². The van der Waals surface area contributed by atoms with Gasteiger partial charge in [-0.25, -0.2) is 0 Å². The molecule has 1 atom stereocenters. The van der Waals surface area contributed by atoms with Gasteiger partial charge in [0.1, 0.15) is 11.8 Å². The van der Waals surface area contributed by atoms with E-state index in [0.717, 1.165) is 10.9 Å². The van der Waals surface area contributed by atoms with Crippen LogP contribution in [-0.2, 0) is 7.05 Å². The monoisotopic (exact) mass is 187 g/mol. The highest BCUT2D eigenvalue weighted by atomic mass is 16.3. The average molecular weight is 187 g/mol. The van der Waals surface area contributed by atoms with E-state index in [9.17, 15) is 5.11 Å². The van der Waals surface area contributed by atoms with Gasteiger partial charge in [0, 0.05) is 12.4 Å². The number of aryl methyl sites for hydroxylation is 1. The van der Waals surface area contributed by atoms with Crippen LogP contribution in [0.15, 0.2) is 24.3 Å². The Kier molecular flexibility index (Phi) is 1.95. The summed E-state index contributed by atoms with van der Waals surface area (Å²) in [5, 5.41) is 22.9. The molecule has 1 aromatic heterocycles. The van der Waals surface area contributed by atoms with Gasteiger partial charge in [-0.2, -0.15) is 10.4 Å². The number of benzene rings is 1. The lowest BCUT2D eigenvalue weighted by Gasteiger charge is -1.95. The molecule has 1 aromatic carbocycles. The van der Waals surface area contributed by atoms with Crippen molar-refractivity contribution in [3.8, 4) is 6.07 Å². The van der Waals surface area contributed by atoms with Gasteiger partial charge in [0.15, 0.2) is 6.10 Å². The van der Waals surface area contributed by atoms with Crippen LogP contribution in [0.25, 0.3) is 10.9 Å². The van der Waals surface area contributed by atoms with Crippen LogP contribution in [0.1, 0.15) is 11.8 Å². The van der Waals surface area contributed by atoms with Crippen LogP contribution in [0, 0.1) is 11.3 Å². The van der Waals surface area contributed by atoms with Gasteiger partial charge in [-0.3, -0.25) is 4.68 Å². The van der Waals surface area contributed by atoms with Crippen LogP contribution >= 0.6 is 0 Å². The number of aliphatic hydroxyl groups excluding tert-OH is 1. The number of nitriles is 1. The number of rotatable bonds is 1. The molecule has 2 aromatic rings. The molecule has 4 heteroatoms. The first-order valence-electron chi connectivity index (χ1n) is 4.23. The lowest BCUT2D eigenvalue weighted by Crippen LogP contribution is -1.96. The molecule has 14 heavy (non-hydrogen) atoms. The summed E-state index contributed by atoms with van der Waals surface area (Å²) in [6.07, 6.45) is -1.15. The Hall–Kier alpha value is -1.86. The van der Waals surface area contributed by atoms with Crippen molar-refractivity contribution in [2.45, 2.75) is 6.10 Å². The fourth-order valence-electron chi connectivity index (χ4n) is 1.50. The summed E-state index contributed by atoms with van der Waals surface area (Å²) < 4.78 is 1.66. The van der Waals surface area contributed by atoms with Gasteiger partial charge in [-0.1, -0.05) is 18.2 Å². The predicted octanol–water partition coefficient (Wildman–Crippen LogP) is 1.13. The largest absolute Gasteiger partial charge is 0.373 e. The summed E-state index contributed by atoms with van der Waals surface area (Å²) in [6, 6.07) is 9.26. The number of aromatic nitrogens is 2. The van der Waals surface area contributed by atoms with Crippen molar-refractivity contribution in [1.82, 2.24) is 9.78 Å². The standard InChI is InChI=1S/C10H9N3O/c1-13-8-5-3-2-4-7(8)10(12-13)9(14)6-11/h2-5,9,14H,1H3. The number of nitrogens with zero attached hydrogens (tertiary/aromatic N) is 3. The third kappa shape index (κ3) is 1.15. The summed E-state index contributed by atoms with van der Waals surface area (Å²) in [7, 11) is 1.79. The molecule has 0 bridgehead atoms. The van der Waals surface area contributed by atoms with E-state index in [2.05, 4.69) is 5.10 Å². The molecule has 0 aliphatic heterocycles. The Labute approximate surface area is 81.0 Å². The van der Waals surface area contributed by atoms with Crippen molar-refractivity contribution in [2.75, 3.05) is 0 Å². The minimum absolute atomic E-state index is 0.422. The first-order valence-corrected chi connectivity index (χ1v) is 4.23. The zero-order valence-corrected chi connectivity index (χ0v) is 7.68. The highest BCUT2D eigenvalue weighted by molar-refractivity contribution is 5.82. The molecule has 0 aliphatic rings. The molecule has 0 aliphatic carbocycles. The summed E-state index contributed by atoms with van der Waals surface area (Å²) in [6.45, 7) is 0. The van der Waals surface area contributed by atoms with Crippen LogP contribution in [0.2, 0.25) is 0 Å². The van der Waals surface area contributed by atoms with Gasteiger partial charge in [0.05, 0.1) is 5.52 Å². The summed E-state index contributed by atoms with van der Waals surface area (Å²) in [4.78, 5) is 0. The molecule has 1 heterocycles. The van der Waals surface area contributed by atoms with Crippen LogP contribution in [0.3, 0.4) is 0 Å². The summed E-state index contributed by atoms with van der Waals surface area (Å²) in [5.41, 5.74) is 1.34. The molecule has 70 valence electrons. The van der Waals surface area contributed by atoms with Gasteiger partial charge in [-0.05, 0) is 6.07 Å². The van der Waals surface area contributed by atoms with Gasteiger partial charge >= 0.3 is 0 Å². The Morgan fingerprint density at radius 3 is 2.93 bits per heavy atom. The van der Waals surface area contributed by atoms with Crippen LogP contribution < -0.4 is 0 Å². The first kappa shape index (κ1) is 8.73. The molecule has 0 radical (unpaired) electrons. The van der Waals surface area contributed by atoms with Crippen molar-refractivity contribution in [1.29, 1.82) is 5.26 Å². The Bertz CT molecular complexity index is 510. The van der Waals surface area contributed by atoms with Crippen molar-refractivity contribution < 1.29 is 5.11 Å². The van der Waals surface area contributed by atoms with E-state index in [1.165, 1.54) is 0 Å². The Morgan fingerprint density at radius 2 is 2.21 bits per heavy atom. The SMILES string of the molecule is Cn1nc(C(O)C#N)c2ccccc21. The average Bonchev–Trinajstić information content (AvgIpc) is 2.56. The Balaban J connectivity index is 2.74. The van der Waals surface area contributed by atoms with Crippen LogP contribution in [0.4, 0.5) is 0 Å². The van der Waals surface area contributed by atoms with E-state index >= 15 is 0 Å². The minimum atomic E-state index is -1.15. The first-order chi connectivity index (χ1) is 6.74. The number of hydrogen-bond donors (Lipinski definition) is 1. The topological polar surface area (TPSA) is 61.8 Å². The highest BCUT2D eigenvalue weighted by Crippen LogP contribution is 2.22. The van der Waals surface area contributed by atoms with E-state index < -0.39 is 6.10 Å². The third-order valence-electron chi connectivity index (χ3n) is 2.17. The van der Waals surface area contributed by atoms with Gasteiger partial charge in [-0.15, -0.1) is 0 Å². The number of aliphatic hydroxyl groups is 1.